The van der Waals surface area contributed by atoms with E-state index in [1.54, 1.807) is 0 Å². The SMILES string of the molecule is CCCCCCCCCCCCCCCC(=O)OC[C@H](COP(=O)(O)OCCS)OC(=O)CCCCCCCCCCCCCCC. The lowest BCUT2D eigenvalue weighted by Crippen LogP contribution is -2.29. The fourth-order valence-corrected chi connectivity index (χ4v) is 6.55. The largest absolute Gasteiger partial charge is 0.472 e. The van der Waals surface area contributed by atoms with Gasteiger partial charge in [-0.3, -0.25) is 18.6 Å². The molecule has 0 aromatic heterocycles. The molecule has 0 radical (unpaired) electrons. The zero-order chi connectivity index (χ0) is 34.7. The van der Waals surface area contributed by atoms with Gasteiger partial charge in [-0.1, -0.05) is 168 Å². The molecule has 0 aliphatic heterocycles. The molecule has 0 fully saturated rings. The van der Waals surface area contributed by atoms with Crippen LogP contribution in [0.25, 0.3) is 0 Å². The third-order valence-electron chi connectivity index (χ3n) is 8.47. The Labute approximate surface area is 294 Å². The minimum atomic E-state index is -4.33. The minimum Gasteiger partial charge on any atom is -0.462 e. The number of ether oxygens (including phenoxy) is 2. The number of unbranched alkanes of at least 4 members (excludes halogenated alkanes) is 24. The molecule has 10 heteroatoms. The van der Waals surface area contributed by atoms with Crippen molar-refractivity contribution in [3.8, 4) is 0 Å². The molecule has 0 amide bonds. The van der Waals surface area contributed by atoms with Crippen LogP contribution in [0.4, 0.5) is 0 Å². The standard InChI is InChI=1S/C37H73O8PS/c1-3-5-7-9-11-13-15-17-19-21-23-25-27-29-36(38)42-33-35(34-44-46(40,41)43-31-32-47)45-37(39)30-28-26-24-22-20-18-16-14-12-10-8-6-4-2/h35,47H,3-34H2,1-2H3,(H,40,41)/t35-/m1/s1. The van der Waals surface area contributed by atoms with Crippen molar-refractivity contribution in [1.82, 2.24) is 0 Å². The van der Waals surface area contributed by atoms with Gasteiger partial charge in [0.25, 0.3) is 0 Å². The van der Waals surface area contributed by atoms with Crippen molar-refractivity contribution in [3.63, 3.8) is 0 Å². The third-order valence-corrected chi connectivity index (χ3v) is 9.63. The molecule has 1 N–H and O–H groups in total. The second-order valence-corrected chi connectivity index (χ2v) is 15.0. The predicted octanol–water partition coefficient (Wildman–Crippen LogP) is 11.5. The van der Waals surface area contributed by atoms with Crippen LogP contribution in [0.5, 0.6) is 0 Å². The predicted molar refractivity (Wildman–Crippen MR) is 197 cm³/mol. The van der Waals surface area contributed by atoms with E-state index in [0.717, 1.165) is 32.1 Å². The molecule has 280 valence electrons. The first-order chi connectivity index (χ1) is 22.8. The maximum Gasteiger partial charge on any atom is 0.472 e. The lowest BCUT2D eigenvalue weighted by Gasteiger charge is -2.19. The Kier molecular flexibility index (Phi) is 34.8. The van der Waals surface area contributed by atoms with Crippen LogP contribution in [0.2, 0.25) is 0 Å². The van der Waals surface area contributed by atoms with Crippen LogP contribution in [0.1, 0.15) is 194 Å². The lowest BCUT2D eigenvalue weighted by molar-refractivity contribution is -0.161. The Balaban J connectivity index is 4.18. The van der Waals surface area contributed by atoms with Gasteiger partial charge in [-0.2, -0.15) is 12.6 Å². The van der Waals surface area contributed by atoms with Crippen LogP contribution in [0.15, 0.2) is 0 Å². The van der Waals surface area contributed by atoms with Crippen LogP contribution in [-0.4, -0.2) is 48.5 Å². The highest BCUT2D eigenvalue weighted by molar-refractivity contribution is 7.80. The van der Waals surface area contributed by atoms with Crippen molar-refractivity contribution in [2.75, 3.05) is 25.6 Å². The summed E-state index contributed by atoms with van der Waals surface area (Å²) in [5.74, 6) is -0.551. The van der Waals surface area contributed by atoms with Crippen molar-refractivity contribution >= 4 is 32.4 Å². The second kappa shape index (κ2) is 35.2. The van der Waals surface area contributed by atoms with E-state index >= 15 is 0 Å². The van der Waals surface area contributed by atoms with Gasteiger partial charge in [-0.15, -0.1) is 0 Å². The van der Waals surface area contributed by atoms with Gasteiger partial charge in [-0.05, 0) is 12.8 Å². The van der Waals surface area contributed by atoms with Crippen LogP contribution in [0, 0.1) is 0 Å². The maximum absolute atomic E-state index is 12.5. The fourth-order valence-electron chi connectivity index (χ4n) is 5.56. The Morgan fingerprint density at radius 1 is 0.553 bits per heavy atom. The number of phosphoric ester groups is 1. The second-order valence-electron chi connectivity index (χ2n) is 13.1. The highest BCUT2D eigenvalue weighted by atomic mass is 32.1. The summed E-state index contributed by atoms with van der Waals surface area (Å²) < 4.78 is 32.8. The number of thiol groups is 1. The smallest absolute Gasteiger partial charge is 0.462 e. The molecular weight excluding hydrogens is 635 g/mol. The molecule has 0 heterocycles. The summed E-state index contributed by atoms with van der Waals surface area (Å²) in [7, 11) is -4.33. The Hall–Kier alpha value is -0.600. The highest BCUT2D eigenvalue weighted by Gasteiger charge is 2.26. The summed E-state index contributed by atoms with van der Waals surface area (Å²) in [6.07, 6.45) is 31.3. The molecule has 0 aromatic carbocycles. The molecular formula is C37H73O8PS. The van der Waals surface area contributed by atoms with E-state index in [1.165, 1.54) is 128 Å². The van der Waals surface area contributed by atoms with Crippen molar-refractivity contribution in [1.29, 1.82) is 0 Å². The van der Waals surface area contributed by atoms with E-state index in [4.69, 9.17) is 18.5 Å². The summed E-state index contributed by atoms with van der Waals surface area (Å²) in [5.41, 5.74) is 0. The quantitative estimate of drug-likeness (QED) is 0.0284. The lowest BCUT2D eigenvalue weighted by atomic mass is 10.0. The van der Waals surface area contributed by atoms with Gasteiger partial charge in [-0.25, -0.2) is 4.57 Å². The van der Waals surface area contributed by atoms with Gasteiger partial charge in [0.15, 0.2) is 6.10 Å². The molecule has 0 saturated carbocycles. The van der Waals surface area contributed by atoms with E-state index in [-0.39, 0.29) is 31.4 Å². The van der Waals surface area contributed by atoms with Crippen LogP contribution < -0.4 is 0 Å². The van der Waals surface area contributed by atoms with Crippen molar-refractivity contribution in [2.24, 2.45) is 0 Å². The topological polar surface area (TPSA) is 108 Å². The number of esters is 2. The third kappa shape index (κ3) is 35.0. The van der Waals surface area contributed by atoms with Gasteiger partial charge in [0.1, 0.15) is 6.61 Å². The number of carbonyl (C=O) groups excluding carboxylic acids is 2. The molecule has 1 unspecified atom stereocenters. The molecule has 0 aliphatic rings. The summed E-state index contributed by atoms with van der Waals surface area (Å²) in [4.78, 5) is 34.7. The van der Waals surface area contributed by atoms with Crippen molar-refractivity contribution in [2.45, 2.75) is 200 Å². The summed E-state index contributed by atoms with van der Waals surface area (Å²) >= 11 is 3.96. The number of hydrogen-bond donors (Lipinski definition) is 2. The first-order valence-electron chi connectivity index (χ1n) is 19.4. The molecule has 0 spiro atoms. The molecule has 0 aliphatic carbocycles. The molecule has 0 bridgehead atoms. The van der Waals surface area contributed by atoms with Gasteiger partial charge >= 0.3 is 19.8 Å². The van der Waals surface area contributed by atoms with Crippen LogP contribution in [-0.2, 0) is 32.7 Å². The molecule has 0 aromatic rings. The Morgan fingerprint density at radius 3 is 1.30 bits per heavy atom. The minimum absolute atomic E-state index is 0.0610. The van der Waals surface area contributed by atoms with E-state index in [2.05, 4.69) is 26.5 Å². The van der Waals surface area contributed by atoms with E-state index in [0.29, 0.717) is 12.8 Å². The molecule has 8 nitrogen and oxygen atoms in total. The molecule has 0 rings (SSSR count). The average molecular weight is 709 g/mol. The summed E-state index contributed by atoms with van der Waals surface area (Å²) in [6, 6.07) is 0. The number of rotatable bonds is 37. The first-order valence-corrected chi connectivity index (χ1v) is 21.5. The van der Waals surface area contributed by atoms with Crippen LogP contribution >= 0.6 is 20.5 Å². The molecule has 0 saturated heterocycles. The summed E-state index contributed by atoms with van der Waals surface area (Å²) in [6.45, 7) is 3.80. The van der Waals surface area contributed by atoms with E-state index < -0.39 is 26.5 Å². The van der Waals surface area contributed by atoms with Gasteiger partial charge in [0, 0.05) is 18.6 Å². The summed E-state index contributed by atoms with van der Waals surface area (Å²) in [5, 5.41) is 0. The van der Waals surface area contributed by atoms with Gasteiger partial charge < -0.3 is 14.4 Å². The van der Waals surface area contributed by atoms with Gasteiger partial charge in [0.2, 0.25) is 0 Å². The molecule has 2 atom stereocenters. The average Bonchev–Trinajstić information content (AvgIpc) is 3.05. The zero-order valence-electron chi connectivity index (χ0n) is 30.4. The first kappa shape index (κ1) is 46.4. The van der Waals surface area contributed by atoms with Gasteiger partial charge in [0.05, 0.1) is 13.2 Å². The monoisotopic (exact) mass is 708 g/mol. The number of hydrogen-bond acceptors (Lipinski definition) is 8. The van der Waals surface area contributed by atoms with E-state index in [9.17, 15) is 19.0 Å². The normalized spacial score (nSPS) is 13.4. The van der Waals surface area contributed by atoms with E-state index in [1.807, 2.05) is 0 Å². The van der Waals surface area contributed by atoms with Crippen molar-refractivity contribution in [3.05, 3.63) is 0 Å². The fraction of sp³-hybridized carbons (Fsp3) is 0.946. The zero-order valence-corrected chi connectivity index (χ0v) is 32.2. The molecule has 47 heavy (non-hydrogen) atoms. The highest BCUT2D eigenvalue weighted by Crippen LogP contribution is 2.43. The maximum atomic E-state index is 12.5. The Morgan fingerprint density at radius 2 is 0.915 bits per heavy atom. The number of carbonyl (C=O) groups is 2. The van der Waals surface area contributed by atoms with Crippen LogP contribution in [0.3, 0.4) is 0 Å². The van der Waals surface area contributed by atoms with Crippen molar-refractivity contribution < 1.29 is 37.6 Å². The number of phosphoric acid groups is 1. The Bertz CT molecular complexity index is 754.